The zero-order valence-corrected chi connectivity index (χ0v) is 12.6. The van der Waals surface area contributed by atoms with Gasteiger partial charge in [-0.2, -0.15) is 0 Å². The van der Waals surface area contributed by atoms with Crippen LogP contribution >= 0.6 is 0 Å². The number of carboxylic acid groups (broad SMARTS) is 1. The van der Waals surface area contributed by atoms with Crippen molar-refractivity contribution in [1.29, 1.82) is 0 Å². The first-order valence-electron chi connectivity index (χ1n) is 7.32. The van der Waals surface area contributed by atoms with Gasteiger partial charge in [-0.3, -0.25) is 0 Å². The van der Waals surface area contributed by atoms with Crippen LogP contribution in [0.1, 0.15) is 50.5 Å². The second kappa shape index (κ2) is 5.81. The smallest absolute Gasteiger partial charge is 0.354 e. The number of pyridine rings is 1. The molecule has 20 heavy (non-hydrogen) atoms. The summed E-state index contributed by atoms with van der Waals surface area (Å²) >= 11 is 0. The number of anilines is 1. The van der Waals surface area contributed by atoms with Crippen molar-refractivity contribution < 1.29 is 9.90 Å². The van der Waals surface area contributed by atoms with Gasteiger partial charge >= 0.3 is 5.97 Å². The summed E-state index contributed by atoms with van der Waals surface area (Å²) in [5.74, 6) is -0.234. The maximum absolute atomic E-state index is 11.0. The Bertz CT molecular complexity index is 480. The summed E-state index contributed by atoms with van der Waals surface area (Å²) in [5.41, 5.74) is 1.45. The Morgan fingerprint density at radius 3 is 2.75 bits per heavy atom. The van der Waals surface area contributed by atoms with Crippen LogP contribution in [0.2, 0.25) is 0 Å². The Kier molecular flexibility index (Phi) is 4.31. The van der Waals surface area contributed by atoms with Crippen molar-refractivity contribution in [2.75, 3.05) is 18.0 Å². The maximum Gasteiger partial charge on any atom is 0.354 e. The molecule has 0 aromatic carbocycles. The molecule has 1 aliphatic rings. The molecule has 0 amide bonds. The maximum atomic E-state index is 11.0. The SMILES string of the molecule is CC(C)(C)C1CCCN(c2ccnc(C(=O)O)c2)CC1. The fourth-order valence-electron chi connectivity index (χ4n) is 2.95. The molecule has 1 N–H and O–H groups in total. The van der Waals surface area contributed by atoms with Crippen LogP contribution in [-0.2, 0) is 0 Å². The van der Waals surface area contributed by atoms with E-state index in [1.165, 1.54) is 6.42 Å². The number of aromatic carboxylic acids is 1. The quantitative estimate of drug-likeness (QED) is 0.899. The zero-order chi connectivity index (χ0) is 14.8. The van der Waals surface area contributed by atoms with Gasteiger partial charge in [0.2, 0.25) is 0 Å². The van der Waals surface area contributed by atoms with E-state index in [0.29, 0.717) is 5.41 Å². The first-order valence-corrected chi connectivity index (χ1v) is 7.32. The molecular formula is C16H24N2O2. The van der Waals surface area contributed by atoms with Crippen molar-refractivity contribution in [2.45, 2.75) is 40.0 Å². The Morgan fingerprint density at radius 2 is 2.10 bits per heavy atom. The minimum Gasteiger partial charge on any atom is -0.477 e. The molecule has 1 unspecified atom stereocenters. The molecule has 0 saturated carbocycles. The number of nitrogens with zero attached hydrogens (tertiary/aromatic N) is 2. The van der Waals surface area contributed by atoms with Gasteiger partial charge in [-0.05, 0) is 42.7 Å². The molecule has 0 aliphatic carbocycles. The van der Waals surface area contributed by atoms with Crippen LogP contribution in [0.25, 0.3) is 0 Å². The van der Waals surface area contributed by atoms with Gasteiger partial charge in [0.05, 0.1) is 0 Å². The van der Waals surface area contributed by atoms with Crippen molar-refractivity contribution in [3.05, 3.63) is 24.0 Å². The third-order valence-electron chi connectivity index (χ3n) is 4.28. The van der Waals surface area contributed by atoms with Gasteiger partial charge in [0, 0.05) is 25.0 Å². The summed E-state index contributed by atoms with van der Waals surface area (Å²) in [6.45, 7) is 8.91. The molecule has 4 heteroatoms. The number of carboxylic acids is 1. The second-order valence-electron chi connectivity index (χ2n) is 6.69. The molecule has 1 atom stereocenters. The summed E-state index contributed by atoms with van der Waals surface area (Å²) in [7, 11) is 0. The molecule has 2 heterocycles. The molecule has 1 aliphatic heterocycles. The van der Waals surface area contributed by atoms with Crippen LogP contribution in [0.3, 0.4) is 0 Å². The van der Waals surface area contributed by atoms with Gasteiger partial charge in [0.1, 0.15) is 5.69 Å². The van der Waals surface area contributed by atoms with E-state index in [4.69, 9.17) is 5.11 Å². The number of aromatic nitrogens is 1. The number of carbonyl (C=O) groups is 1. The fraction of sp³-hybridized carbons (Fsp3) is 0.625. The van der Waals surface area contributed by atoms with Crippen LogP contribution in [0.5, 0.6) is 0 Å². The summed E-state index contributed by atoms with van der Waals surface area (Å²) in [6, 6.07) is 3.59. The minimum atomic E-state index is -0.964. The first-order chi connectivity index (χ1) is 9.38. The molecule has 1 fully saturated rings. The van der Waals surface area contributed by atoms with E-state index in [1.807, 2.05) is 6.07 Å². The molecule has 1 aromatic heterocycles. The van der Waals surface area contributed by atoms with Gasteiger partial charge in [-0.25, -0.2) is 9.78 Å². The van der Waals surface area contributed by atoms with Crippen LogP contribution < -0.4 is 4.90 Å². The monoisotopic (exact) mass is 276 g/mol. The number of hydrogen-bond acceptors (Lipinski definition) is 3. The van der Waals surface area contributed by atoms with E-state index in [2.05, 4.69) is 30.7 Å². The van der Waals surface area contributed by atoms with Crippen LogP contribution in [0.15, 0.2) is 18.3 Å². The predicted molar refractivity (Wildman–Crippen MR) is 80.2 cm³/mol. The average molecular weight is 276 g/mol. The van der Waals surface area contributed by atoms with Gasteiger partial charge in [-0.15, -0.1) is 0 Å². The van der Waals surface area contributed by atoms with E-state index in [0.717, 1.165) is 37.5 Å². The molecule has 0 bridgehead atoms. The Hall–Kier alpha value is -1.58. The van der Waals surface area contributed by atoms with E-state index in [1.54, 1.807) is 12.3 Å². The lowest BCUT2D eigenvalue weighted by atomic mass is 9.77. The van der Waals surface area contributed by atoms with E-state index in [-0.39, 0.29) is 5.69 Å². The molecule has 110 valence electrons. The largest absolute Gasteiger partial charge is 0.477 e. The molecular weight excluding hydrogens is 252 g/mol. The summed E-state index contributed by atoms with van der Waals surface area (Å²) in [5, 5.41) is 9.03. The lowest BCUT2D eigenvalue weighted by molar-refractivity contribution is 0.0690. The molecule has 2 rings (SSSR count). The topological polar surface area (TPSA) is 53.4 Å². The van der Waals surface area contributed by atoms with Crippen molar-refractivity contribution in [3.63, 3.8) is 0 Å². The van der Waals surface area contributed by atoms with Gasteiger partial charge in [-0.1, -0.05) is 20.8 Å². The third kappa shape index (κ3) is 3.50. The predicted octanol–water partition coefficient (Wildman–Crippen LogP) is 3.43. The van der Waals surface area contributed by atoms with Crippen molar-refractivity contribution in [3.8, 4) is 0 Å². The summed E-state index contributed by atoms with van der Waals surface area (Å²) in [6.07, 6.45) is 5.16. The standard InChI is InChI=1S/C16H24N2O2/c1-16(2,3)12-5-4-9-18(10-7-12)13-6-8-17-14(11-13)15(19)20/h6,8,11-12H,4-5,7,9-10H2,1-3H3,(H,19,20). The lowest BCUT2D eigenvalue weighted by Crippen LogP contribution is -2.26. The molecule has 1 aromatic rings. The van der Waals surface area contributed by atoms with Crippen LogP contribution in [0, 0.1) is 11.3 Å². The van der Waals surface area contributed by atoms with E-state index < -0.39 is 5.97 Å². The van der Waals surface area contributed by atoms with Gasteiger partial charge in [0.15, 0.2) is 0 Å². The van der Waals surface area contributed by atoms with Crippen molar-refractivity contribution in [2.24, 2.45) is 11.3 Å². The first kappa shape index (κ1) is 14.8. The van der Waals surface area contributed by atoms with Gasteiger partial charge in [0.25, 0.3) is 0 Å². The summed E-state index contributed by atoms with van der Waals surface area (Å²) < 4.78 is 0. The minimum absolute atomic E-state index is 0.124. The molecule has 0 spiro atoms. The van der Waals surface area contributed by atoms with E-state index >= 15 is 0 Å². The summed E-state index contributed by atoms with van der Waals surface area (Å²) in [4.78, 5) is 17.2. The van der Waals surface area contributed by atoms with Crippen LogP contribution in [0.4, 0.5) is 5.69 Å². The van der Waals surface area contributed by atoms with E-state index in [9.17, 15) is 4.79 Å². The highest BCUT2D eigenvalue weighted by Crippen LogP contribution is 2.35. The highest BCUT2D eigenvalue weighted by atomic mass is 16.4. The Morgan fingerprint density at radius 1 is 1.35 bits per heavy atom. The zero-order valence-electron chi connectivity index (χ0n) is 12.6. The van der Waals surface area contributed by atoms with Gasteiger partial charge < -0.3 is 10.0 Å². The average Bonchev–Trinajstić information content (AvgIpc) is 2.64. The molecule has 0 radical (unpaired) electrons. The number of hydrogen-bond donors (Lipinski definition) is 1. The Labute approximate surface area is 120 Å². The van der Waals surface area contributed by atoms with Crippen molar-refractivity contribution >= 4 is 11.7 Å². The number of rotatable bonds is 2. The fourth-order valence-corrected chi connectivity index (χ4v) is 2.95. The lowest BCUT2D eigenvalue weighted by Gasteiger charge is -2.30. The second-order valence-corrected chi connectivity index (χ2v) is 6.69. The highest BCUT2D eigenvalue weighted by Gasteiger charge is 2.27. The van der Waals surface area contributed by atoms with Crippen LogP contribution in [-0.4, -0.2) is 29.1 Å². The molecule has 1 saturated heterocycles. The Balaban J connectivity index is 2.11. The van der Waals surface area contributed by atoms with Crippen molar-refractivity contribution in [1.82, 2.24) is 4.98 Å². The normalized spacial score (nSPS) is 20.6. The third-order valence-corrected chi connectivity index (χ3v) is 4.28. The molecule has 4 nitrogen and oxygen atoms in total. The highest BCUT2D eigenvalue weighted by molar-refractivity contribution is 5.86.